The Kier molecular flexibility index (Phi) is 5.75. The highest BCUT2D eigenvalue weighted by Crippen LogP contribution is 2.38. The number of likely N-dealkylation sites (tertiary alicyclic amines) is 1. The molecule has 5 rings (SSSR count). The second-order valence-corrected chi connectivity index (χ2v) is 9.67. The van der Waals surface area contributed by atoms with Crippen molar-refractivity contribution in [2.24, 2.45) is 7.05 Å². The van der Waals surface area contributed by atoms with E-state index in [9.17, 15) is 5.11 Å². The average Bonchev–Trinajstić information content (AvgIpc) is 3.28. The summed E-state index contributed by atoms with van der Waals surface area (Å²) in [5.74, 6) is 1.53. The second kappa shape index (κ2) is 8.43. The van der Waals surface area contributed by atoms with E-state index in [1.54, 1.807) is 24.0 Å². The van der Waals surface area contributed by atoms with Crippen LogP contribution in [0.3, 0.4) is 0 Å². The summed E-state index contributed by atoms with van der Waals surface area (Å²) in [5.41, 5.74) is 1.64. The molecule has 2 N–H and O–H groups in total. The number of nitrogens with one attached hydrogen (secondary N) is 1. The van der Waals surface area contributed by atoms with Crippen LogP contribution in [-0.4, -0.2) is 67.7 Å². The predicted octanol–water partition coefficient (Wildman–Crippen LogP) is 3.74. The summed E-state index contributed by atoms with van der Waals surface area (Å²) in [6, 6.07) is 5.75. The first-order valence-corrected chi connectivity index (χ1v) is 11.5. The lowest BCUT2D eigenvalue weighted by Gasteiger charge is -2.43. The van der Waals surface area contributed by atoms with Gasteiger partial charge < -0.3 is 15.2 Å². The first-order chi connectivity index (χ1) is 15.3. The number of halogens is 2. The van der Waals surface area contributed by atoms with Crippen LogP contribution in [0.2, 0.25) is 10.2 Å². The molecule has 2 atom stereocenters. The number of fused-ring (bicyclic) bond motifs is 1. The van der Waals surface area contributed by atoms with E-state index in [2.05, 4.69) is 33.3 Å². The number of aryl methyl sites for hydroxylation is 1. The van der Waals surface area contributed by atoms with E-state index in [-0.39, 0.29) is 5.54 Å². The Morgan fingerprint density at radius 2 is 2.00 bits per heavy atom. The van der Waals surface area contributed by atoms with Crippen LogP contribution in [0.25, 0.3) is 10.9 Å². The average molecular weight is 477 g/mol. The molecule has 3 aromatic rings. The molecule has 0 saturated carbocycles. The van der Waals surface area contributed by atoms with Gasteiger partial charge >= 0.3 is 0 Å². The van der Waals surface area contributed by atoms with Crippen LogP contribution in [0, 0.1) is 0 Å². The molecule has 2 saturated heterocycles. The summed E-state index contributed by atoms with van der Waals surface area (Å²) in [6.45, 7) is 4.87. The zero-order chi connectivity index (χ0) is 22.5. The van der Waals surface area contributed by atoms with E-state index >= 15 is 0 Å². The standard InChI is InChI=1S/C22H26Cl2N6O2/c1-22(12-32-11-18(22)31)30-5-3-13(4-6-30)15-8-17-14(7-16(15)23)10-25-21(26-17)27-20-9-19(24)28-29(20)2/h7-10,13,18,31H,3-6,11-12H2,1-2H3,(H,25,26,27)/t18-,22+/m0/s1. The minimum atomic E-state index is -0.444. The lowest BCUT2D eigenvalue weighted by Crippen LogP contribution is -2.56. The van der Waals surface area contributed by atoms with Gasteiger partial charge in [0.25, 0.3) is 0 Å². The van der Waals surface area contributed by atoms with Crippen molar-refractivity contribution in [1.82, 2.24) is 24.6 Å². The summed E-state index contributed by atoms with van der Waals surface area (Å²) in [4.78, 5) is 11.4. The van der Waals surface area contributed by atoms with Crippen LogP contribution in [0.5, 0.6) is 0 Å². The number of rotatable bonds is 4. The Hall–Kier alpha value is -1.97. The molecular formula is C22H26Cl2N6O2. The van der Waals surface area contributed by atoms with Gasteiger partial charge in [-0.25, -0.2) is 9.97 Å². The normalized spacial score (nSPS) is 25.0. The van der Waals surface area contributed by atoms with E-state index in [0.29, 0.717) is 36.1 Å². The molecular weight excluding hydrogens is 451 g/mol. The van der Waals surface area contributed by atoms with Gasteiger partial charge in [0, 0.05) is 29.7 Å². The fourth-order valence-electron chi connectivity index (χ4n) is 4.76. The fourth-order valence-corrected chi connectivity index (χ4v) is 5.30. The van der Waals surface area contributed by atoms with Crippen LogP contribution in [0.15, 0.2) is 24.4 Å². The highest BCUT2D eigenvalue weighted by molar-refractivity contribution is 6.32. The Bertz CT molecular complexity index is 1150. The Labute approximate surface area is 196 Å². The minimum absolute atomic E-state index is 0.305. The van der Waals surface area contributed by atoms with E-state index < -0.39 is 6.10 Å². The van der Waals surface area contributed by atoms with Crippen LogP contribution < -0.4 is 5.32 Å². The maximum absolute atomic E-state index is 10.4. The number of aromatic nitrogens is 4. The Morgan fingerprint density at radius 1 is 1.22 bits per heavy atom. The van der Waals surface area contributed by atoms with Gasteiger partial charge in [0.15, 0.2) is 5.15 Å². The molecule has 10 heteroatoms. The lowest BCUT2D eigenvalue weighted by atomic mass is 9.85. The van der Waals surface area contributed by atoms with Gasteiger partial charge in [-0.3, -0.25) is 9.58 Å². The first-order valence-electron chi connectivity index (χ1n) is 10.8. The summed E-state index contributed by atoms with van der Waals surface area (Å²) in [7, 11) is 1.80. The molecule has 2 fully saturated rings. The van der Waals surface area contributed by atoms with Crippen molar-refractivity contribution in [1.29, 1.82) is 0 Å². The highest BCUT2D eigenvalue weighted by atomic mass is 35.5. The van der Waals surface area contributed by atoms with Crippen molar-refractivity contribution in [3.8, 4) is 0 Å². The lowest BCUT2D eigenvalue weighted by molar-refractivity contribution is -0.00211. The topological polar surface area (TPSA) is 88.3 Å². The molecule has 0 aliphatic carbocycles. The van der Waals surface area contributed by atoms with Crippen molar-refractivity contribution in [3.05, 3.63) is 40.1 Å². The van der Waals surface area contributed by atoms with Crippen LogP contribution in [0.4, 0.5) is 11.8 Å². The molecule has 0 unspecified atom stereocenters. The third kappa shape index (κ3) is 3.95. The van der Waals surface area contributed by atoms with E-state index in [4.69, 9.17) is 32.9 Å². The highest BCUT2D eigenvalue weighted by Gasteiger charge is 2.45. The summed E-state index contributed by atoms with van der Waals surface area (Å²) in [6.07, 6.45) is 3.26. The summed E-state index contributed by atoms with van der Waals surface area (Å²) in [5, 5.41) is 19.7. The number of hydrogen-bond donors (Lipinski definition) is 2. The minimum Gasteiger partial charge on any atom is -0.389 e. The summed E-state index contributed by atoms with van der Waals surface area (Å²) >= 11 is 12.6. The van der Waals surface area contributed by atoms with Crippen LogP contribution in [-0.2, 0) is 11.8 Å². The molecule has 32 heavy (non-hydrogen) atoms. The largest absolute Gasteiger partial charge is 0.389 e. The molecule has 0 spiro atoms. The number of nitrogens with zero attached hydrogens (tertiary/aromatic N) is 5. The van der Waals surface area contributed by atoms with E-state index in [0.717, 1.165) is 47.4 Å². The molecule has 0 amide bonds. The van der Waals surface area contributed by atoms with Gasteiger partial charge in [-0.1, -0.05) is 23.2 Å². The number of piperidine rings is 1. The predicted molar refractivity (Wildman–Crippen MR) is 125 cm³/mol. The van der Waals surface area contributed by atoms with Crippen molar-refractivity contribution < 1.29 is 9.84 Å². The number of benzene rings is 1. The van der Waals surface area contributed by atoms with Gasteiger partial charge in [0.2, 0.25) is 5.95 Å². The van der Waals surface area contributed by atoms with Crippen molar-refractivity contribution in [2.75, 3.05) is 31.6 Å². The third-order valence-electron chi connectivity index (χ3n) is 6.83. The number of ether oxygens (including phenoxy) is 1. The molecule has 2 aliphatic rings. The number of aliphatic hydroxyl groups is 1. The summed E-state index contributed by atoms with van der Waals surface area (Å²) < 4.78 is 7.16. The zero-order valence-electron chi connectivity index (χ0n) is 18.1. The molecule has 0 radical (unpaired) electrons. The molecule has 2 aliphatic heterocycles. The van der Waals surface area contributed by atoms with Gasteiger partial charge in [0.1, 0.15) is 5.82 Å². The number of aliphatic hydroxyl groups excluding tert-OH is 1. The van der Waals surface area contributed by atoms with E-state index in [1.807, 2.05) is 6.07 Å². The fraction of sp³-hybridized carbons (Fsp3) is 0.500. The Balaban J connectivity index is 1.36. The van der Waals surface area contributed by atoms with E-state index in [1.165, 1.54) is 0 Å². The maximum Gasteiger partial charge on any atom is 0.228 e. The maximum atomic E-state index is 10.4. The molecule has 2 aromatic heterocycles. The monoisotopic (exact) mass is 476 g/mol. The smallest absolute Gasteiger partial charge is 0.228 e. The van der Waals surface area contributed by atoms with Gasteiger partial charge in [-0.2, -0.15) is 5.10 Å². The number of anilines is 2. The van der Waals surface area contributed by atoms with Crippen LogP contribution >= 0.6 is 23.2 Å². The molecule has 4 heterocycles. The van der Waals surface area contributed by atoms with Gasteiger partial charge in [-0.15, -0.1) is 0 Å². The molecule has 1 aromatic carbocycles. The van der Waals surface area contributed by atoms with Crippen molar-refractivity contribution in [3.63, 3.8) is 0 Å². The number of hydrogen-bond acceptors (Lipinski definition) is 7. The molecule has 8 nitrogen and oxygen atoms in total. The van der Waals surface area contributed by atoms with Gasteiger partial charge in [0.05, 0.1) is 30.4 Å². The third-order valence-corrected chi connectivity index (χ3v) is 7.35. The first kappa shape index (κ1) is 21.9. The van der Waals surface area contributed by atoms with Gasteiger partial charge in [-0.05, 0) is 56.5 Å². The molecule has 0 bridgehead atoms. The molecule has 170 valence electrons. The zero-order valence-corrected chi connectivity index (χ0v) is 19.6. The SMILES string of the molecule is Cn1nc(Cl)cc1Nc1ncc2cc(Cl)c(C3CCN([C@]4(C)COC[C@@H]4O)CC3)cc2n1. The van der Waals surface area contributed by atoms with Crippen LogP contribution in [0.1, 0.15) is 31.2 Å². The quantitative estimate of drug-likeness (QED) is 0.592. The second-order valence-electron chi connectivity index (χ2n) is 8.88. The Morgan fingerprint density at radius 3 is 2.66 bits per heavy atom. The van der Waals surface area contributed by atoms with Crippen molar-refractivity contribution >= 4 is 45.9 Å². The van der Waals surface area contributed by atoms with Crippen molar-refractivity contribution in [2.45, 2.75) is 37.3 Å².